The van der Waals surface area contributed by atoms with Crippen LogP contribution < -0.4 is 0 Å². The van der Waals surface area contributed by atoms with Gasteiger partial charge in [0.2, 0.25) is 0 Å². The smallest absolute Gasteiger partial charge is 0.143 e. The molecule has 0 atom stereocenters. The standard InChI is InChI=1S/C8H13NO/c1-8(5-7-10)4-6-9(2)3/h4-7H,1-3H3. The summed E-state index contributed by atoms with van der Waals surface area (Å²) < 4.78 is 0. The second-order valence-corrected chi connectivity index (χ2v) is 2.33. The van der Waals surface area contributed by atoms with Crippen molar-refractivity contribution in [1.29, 1.82) is 0 Å². The van der Waals surface area contributed by atoms with E-state index in [1.807, 2.05) is 38.2 Å². The van der Waals surface area contributed by atoms with E-state index in [9.17, 15) is 4.79 Å². The van der Waals surface area contributed by atoms with Crippen LogP contribution in [0.25, 0.3) is 0 Å². The Morgan fingerprint density at radius 3 is 2.40 bits per heavy atom. The summed E-state index contributed by atoms with van der Waals surface area (Å²) in [6.07, 6.45) is 6.10. The number of allylic oxidation sites excluding steroid dienone is 3. The van der Waals surface area contributed by atoms with Crippen molar-refractivity contribution in [3.63, 3.8) is 0 Å². The van der Waals surface area contributed by atoms with E-state index in [1.54, 1.807) is 0 Å². The third-order valence-electron chi connectivity index (χ3n) is 0.967. The zero-order valence-corrected chi connectivity index (χ0v) is 6.66. The van der Waals surface area contributed by atoms with Gasteiger partial charge in [-0.25, -0.2) is 0 Å². The van der Waals surface area contributed by atoms with Crippen molar-refractivity contribution in [2.24, 2.45) is 0 Å². The summed E-state index contributed by atoms with van der Waals surface area (Å²) in [5.74, 6) is 0. The van der Waals surface area contributed by atoms with Gasteiger partial charge in [0.25, 0.3) is 0 Å². The molecule has 0 rings (SSSR count). The largest absolute Gasteiger partial charge is 0.383 e. The summed E-state index contributed by atoms with van der Waals surface area (Å²) in [6.45, 7) is 1.88. The van der Waals surface area contributed by atoms with Gasteiger partial charge in [-0.05, 0) is 30.8 Å². The van der Waals surface area contributed by atoms with E-state index in [4.69, 9.17) is 0 Å². The van der Waals surface area contributed by atoms with E-state index < -0.39 is 0 Å². The Morgan fingerprint density at radius 2 is 2.00 bits per heavy atom. The van der Waals surface area contributed by atoms with Crippen molar-refractivity contribution in [2.75, 3.05) is 14.1 Å². The fraction of sp³-hybridized carbons (Fsp3) is 0.375. The van der Waals surface area contributed by atoms with Crippen LogP contribution in [0.4, 0.5) is 0 Å². The Kier molecular flexibility index (Phi) is 4.29. The van der Waals surface area contributed by atoms with E-state index in [1.165, 1.54) is 6.08 Å². The number of aldehydes is 1. The maximum Gasteiger partial charge on any atom is 0.143 e. The summed E-state index contributed by atoms with van der Waals surface area (Å²) in [4.78, 5) is 11.9. The maximum atomic E-state index is 9.94. The van der Waals surface area contributed by atoms with E-state index >= 15 is 0 Å². The van der Waals surface area contributed by atoms with Crippen LogP contribution in [0.2, 0.25) is 0 Å². The summed E-state index contributed by atoms with van der Waals surface area (Å²) >= 11 is 0. The van der Waals surface area contributed by atoms with Crippen molar-refractivity contribution in [3.05, 3.63) is 23.9 Å². The first-order chi connectivity index (χ1) is 4.66. The Bertz CT molecular complexity index is 157. The normalized spacial score (nSPS) is 12.1. The van der Waals surface area contributed by atoms with Gasteiger partial charge >= 0.3 is 0 Å². The number of nitrogens with zero attached hydrogens (tertiary/aromatic N) is 1. The Hall–Kier alpha value is -1.05. The number of hydrogen-bond donors (Lipinski definition) is 0. The van der Waals surface area contributed by atoms with Gasteiger partial charge < -0.3 is 4.90 Å². The molecule has 0 amide bonds. The van der Waals surface area contributed by atoms with Crippen LogP contribution >= 0.6 is 0 Å². The number of hydrogen-bond acceptors (Lipinski definition) is 2. The van der Waals surface area contributed by atoms with Crippen LogP contribution in [-0.2, 0) is 4.79 Å². The molecule has 0 spiro atoms. The molecule has 0 saturated carbocycles. The molecule has 0 aliphatic carbocycles. The zero-order chi connectivity index (χ0) is 7.98. The lowest BCUT2D eigenvalue weighted by Crippen LogP contribution is -1.99. The highest BCUT2D eigenvalue weighted by molar-refractivity contribution is 5.66. The van der Waals surface area contributed by atoms with Gasteiger partial charge in [-0.3, -0.25) is 4.79 Å². The monoisotopic (exact) mass is 139 g/mol. The fourth-order valence-electron chi connectivity index (χ4n) is 0.430. The molecule has 0 saturated heterocycles. The molecular weight excluding hydrogens is 126 g/mol. The van der Waals surface area contributed by atoms with Crippen LogP contribution in [-0.4, -0.2) is 25.3 Å². The summed E-state index contributed by atoms with van der Waals surface area (Å²) in [5, 5.41) is 0. The average molecular weight is 139 g/mol. The molecular formula is C8H13NO. The molecule has 0 heterocycles. The first-order valence-electron chi connectivity index (χ1n) is 3.13. The van der Waals surface area contributed by atoms with Gasteiger partial charge in [-0.2, -0.15) is 0 Å². The Balaban J connectivity index is 3.88. The lowest BCUT2D eigenvalue weighted by Gasteiger charge is -2.02. The van der Waals surface area contributed by atoms with Gasteiger partial charge in [0, 0.05) is 14.1 Å². The topological polar surface area (TPSA) is 20.3 Å². The van der Waals surface area contributed by atoms with E-state index in [0.717, 1.165) is 11.9 Å². The van der Waals surface area contributed by atoms with Gasteiger partial charge in [0.05, 0.1) is 0 Å². The summed E-state index contributed by atoms with van der Waals surface area (Å²) in [5.41, 5.74) is 0.962. The summed E-state index contributed by atoms with van der Waals surface area (Å²) in [7, 11) is 3.87. The molecule has 56 valence electrons. The average Bonchev–Trinajstić information content (AvgIpc) is 1.85. The second kappa shape index (κ2) is 4.79. The molecule has 0 unspecified atom stereocenters. The number of carbonyl (C=O) groups excluding carboxylic acids is 1. The highest BCUT2D eigenvalue weighted by atomic mass is 16.1. The first kappa shape index (κ1) is 8.95. The molecule has 0 bridgehead atoms. The molecule has 10 heavy (non-hydrogen) atoms. The minimum atomic E-state index is 0.787. The maximum absolute atomic E-state index is 9.94. The molecule has 0 aromatic heterocycles. The number of rotatable bonds is 3. The number of carbonyl (C=O) groups is 1. The van der Waals surface area contributed by atoms with E-state index in [2.05, 4.69) is 0 Å². The van der Waals surface area contributed by atoms with Crippen molar-refractivity contribution >= 4 is 6.29 Å². The zero-order valence-electron chi connectivity index (χ0n) is 6.66. The van der Waals surface area contributed by atoms with Crippen LogP contribution in [0.1, 0.15) is 6.92 Å². The minimum absolute atomic E-state index is 0.787. The Labute approximate surface area is 61.8 Å². The molecule has 0 aliphatic rings. The molecule has 0 aromatic carbocycles. The molecule has 0 aromatic rings. The molecule has 0 N–H and O–H groups in total. The molecule has 0 radical (unpaired) electrons. The van der Waals surface area contributed by atoms with Gasteiger partial charge in [0.15, 0.2) is 0 Å². The third-order valence-corrected chi connectivity index (χ3v) is 0.967. The first-order valence-corrected chi connectivity index (χ1v) is 3.13. The van der Waals surface area contributed by atoms with Crippen molar-refractivity contribution in [2.45, 2.75) is 6.92 Å². The highest BCUT2D eigenvalue weighted by Gasteiger charge is 1.79. The van der Waals surface area contributed by atoms with Crippen molar-refractivity contribution < 1.29 is 4.79 Å². The van der Waals surface area contributed by atoms with Crippen molar-refractivity contribution in [3.8, 4) is 0 Å². The molecule has 0 aliphatic heterocycles. The van der Waals surface area contributed by atoms with E-state index in [-0.39, 0.29) is 0 Å². The summed E-state index contributed by atoms with van der Waals surface area (Å²) in [6, 6.07) is 0. The van der Waals surface area contributed by atoms with Gasteiger partial charge in [-0.15, -0.1) is 0 Å². The Morgan fingerprint density at radius 1 is 1.40 bits per heavy atom. The van der Waals surface area contributed by atoms with Crippen LogP contribution in [0.5, 0.6) is 0 Å². The lowest BCUT2D eigenvalue weighted by atomic mass is 10.3. The van der Waals surface area contributed by atoms with Crippen molar-refractivity contribution in [1.82, 2.24) is 4.90 Å². The highest BCUT2D eigenvalue weighted by Crippen LogP contribution is 1.92. The quantitative estimate of drug-likeness (QED) is 0.333. The fourth-order valence-corrected chi connectivity index (χ4v) is 0.430. The third kappa shape index (κ3) is 5.09. The predicted molar refractivity (Wildman–Crippen MR) is 42.6 cm³/mol. The molecule has 2 nitrogen and oxygen atoms in total. The predicted octanol–water partition coefficient (Wildman–Crippen LogP) is 1.21. The minimum Gasteiger partial charge on any atom is -0.383 e. The lowest BCUT2D eigenvalue weighted by molar-refractivity contribution is -0.104. The van der Waals surface area contributed by atoms with Crippen LogP contribution in [0.3, 0.4) is 0 Å². The van der Waals surface area contributed by atoms with E-state index in [0.29, 0.717) is 0 Å². The molecule has 0 fully saturated rings. The van der Waals surface area contributed by atoms with Crippen LogP contribution in [0, 0.1) is 0 Å². The van der Waals surface area contributed by atoms with Gasteiger partial charge in [-0.1, -0.05) is 0 Å². The van der Waals surface area contributed by atoms with Gasteiger partial charge in [0.1, 0.15) is 6.29 Å². The SMILES string of the molecule is CC(C=CN(C)C)=CC=O. The second-order valence-electron chi connectivity index (χ2n) is 2.33. The molecule has 2 heteroatoms. The van der Waals surface area contributed by atoms with Crippen LogP contribution in [0.15, 0.2) is 23.9 Å².